The largest absolute Gasteiger partial charge is 0.508 e. The van der Waals surface area contributed by atoms with Crippen molar-refractivity contribution in [2.24, 2.45) is 5.41 Å². The van der Waals surface area contributed by atoms with Gasteiger partial charge in [0.25, 0.3) is 0 Å². The number of rotatable bonds is 5. The molecule has 0 aliphatic rings. The lowest BCUT2D eigenvalue weighted by atomic mass is 9.83. The maximum absolute atomic E-state index is 12.4. The number of hydrogen-bond acceptors (Lipinski definition) is 3. The van der Waals surface area contributed by atoms with Crippen LogP contribution in [-0.2, 0) is 4.79 Å². The van der Waals surface area contributed by atoms with Gasteiger partial charge >= 0.3 is 5.97 Å². The number of phenolic OH excluding ortho intramolecular Hbond substituents is 1. The van der Waals surface area contributed by atoms with Gasteiger partial charge in [0.15, 0.2) is 0 Å². The maximum atomic E-state index is 12.4. The normalized spacial score (nSPS) is 13.9. The lowest BCUT2D eigenvalue weighted by Crippen LogP contribution is -2.31. The summed E-state index contributed by atoms with van der Waals surface area (Å²) in [5.41, 5.74) is -0.432. The topological polar surface area (TPSA) is 46.5 Å². The molecule has 0 saturated carbocycles. The Morgan fingerprint density at radius 2 is 1.81 bits per heavy atom. The second-order valence-electron chi connectivity index (χ2n) is 5.75. The fourth-order valence-corrected chi connectivity index (χ4v) is 2.48. The molecule has 3 nitrogen and oxygen atoms in total. The monoisotopic (exact) mass is 286 g/mol. The van der Waals surface area contributed by atoms with E-state index in [-0.39, 0.29) is 11.7 Å². The van der Waals surface area contributed by atoms with E-state index in [1.807, 2.05) is 32.0 Å². The molecule has 1 unspecified atom stereocenters. The summed E-state index contributed by atoms with van der Waals surface area (Å²) in [6.07, 6.45) is 2.54. The van der Waals surface area contributed by atoms with Gasteiger partial charge in [-0.05, 0) is 54.8 Å². The quantitative estimate of drug-likeness (QED) is 0.642. The first kappa shape index (κ1) is 15.4. The number of ether oxygens (including phenoxy) is 1. The molecule has 0 amide bonds. The molecule has 2 aromatic carbocycles. The number of benzene rings is 2. The molecule has 21 heavy (non-hydrogen) atoms. The molecule has 1 atom stereocenters. The summed E-state index contributed by atoms with van der Waals surface area (Å²) in [6, 6.07) is 10.6. The molecule has 112 valence electrons. The minimum Gasteiger partial charge on any atom is -0.508 e. The van der Waals surface area contributed by atoms with Crippen molar-refractivity contribution >= 4 is 16.7 Å². The standard InChI is InChI=1S/C18H22O3/c1-4-10-18(3,5-2)17(20)21-16-9-7-13-11-15(19)8-6-14(13)12-16/h6-9,11-12,19H,4-5,10H2,1-3H3. The summed E-state index contributed by atoms with van der Waals surface area (Å²) < 4.78 is 5.56. The van der Waals surface area contributed by atoms with E-state index in [4.69, 9.17) is 4.74 Å². The highest BCUT2D eigenvalue weighted by Crippen LogP contribution is 2.31. The predicted molar refractivity (Wildman–Crippen MR) is 84.6 cm³/mol. The molecule has 0 radical (unpaired) electrons. The zero-order valence-electron chi connectivity index (χ0n) is 12.8. The smallest absolute Gasteiger partial charge is 0.317 e. The summed E-state index contributed by atoms with van der Waals surface area (Å²) in [5.74, 6) is 0.604. The first-order valence-corrected chi connectivity index (χ1v) is 7.43. The molecule has 2 rings (SSSR count). The number of esters is 1. The zero-order chi connectivity index (χ0) is 15.5. The van der Waals surface area contributed by atoms with Crippen molar-refractivity contribution in [3.05, 3.63) is 36.4 Å². The fourth-order valence-electron chi connectivity index (χ4n) is 2.48. The van der Waals surface area contributed by atoms with E-state index in [1.165, 1.54) is 0 Å². The van der Waals surface area contributed by atoms with Gasteiger partial charge in [0.1, 0.15) is 11.5 Å². The summed E-state index contributed by atoms with van der Waals surface area (Å²) in [6.45, 7) is 6.04. The van der Waals surface area contributed by atoms with Crippen LogP contribution >= 0.6 is 0 Å². The molecule has 0 heterocycles. The van der Waals surface area contributed by atoms with Crippen LogP contribution in [0.15, 0.2) is 36.4 Å². The Morgan fingerprint density at radius 3 is 2.48 bits per heavy atom. The summed E-state index contributed by atoms with van der Waals surface area (Å²) in [5, 5.41) is 11.3. The molecule has 0 fully saturated rings. The highest BCUT2D eigenvalue weighted by molar-refractivity contribution is 5.86. The van der Waals surface area contributed by atoms with Gasteiger partial charge in [-0.2, -0.15) is 0 Å². The van der Waals surface area contributed by atoms with Crippen LogP contribution in [0.3, 0.4) is 0 Å². The SMILES string of the molecule is CCCC(C)(CC)C(=O)Oc1ccc2cc(O)ccc2c1. The van der Waals surface area contributed by atoms with E-state index in [1.54, 1.807) is 18.2 Å². The van der Waals surface area contributed by atoms with Gasteiger partial charge in [0.2, 0.25) is 0 Å². The van der Waals surface area contributed by atoms with Gasteiger partial charge in [0.05, 0.1) is 5.41 Å². The average molecular weight is 286 g/mol. The first-order valence-electron chi connectivity index (χ1n) is 7.43. The van der Waals surface area contributed by atoms with Crippen LogP contribution in [0.5, 0.6) is 11.5 Å². The van der Waals surface area contributed by atoms with Crippen molar-refractivity contribution in [1.29, 1.82) is 0 Å². The van der Waals surface area contributed by atoms with Gasteiger partial charge < -0.3 is 9.84 Å². The fraction of sp³-hybridized carbons (Fsp3) is 0.389. The summed E-state index contributed by atoms with van der Waals surface area (Å²) >= 11 is 0. The molecule has 3 heteroatoms. The summed E-state index contributed by atoms with van der Waals surface area (Å²) in [7, 11) is 0. The minimum atomic E-state index is -0.432. The number of aromatic hydroxyl groups is 1. The Hall–Kier alpha value is -2.03. The van der Waals surface area contributed by atoms with Crippen molar-refractivity contribution in [3.63, 3.8) is 0 Å². The van der Waals surface area contributed by atoms with Gasteiger partial charge in [-0.1, -0.05) is 32.4 Å². The molecule has 2 aromatic rings. The Balaban J connectivity index is 2.23. The van der Waals surface area contributed by atoms with E-state index < -0.39 is 5.41 Å². The van der Waals surface area contributed by atoms with Crippen molar-refractivity contribution in [2.45, 2.75) is 40.0 Å². The van der Waals surface area contributed by atoms with E-state index in [9.17, 15) is 9.90 Å². The van der Waals surface area contributed by atoms with E-state index in [0.29, 0.717) is 5.75 Å². The van der Waals surface area contributed by atoms with Gasteiger partial charge in [-0.15, -0.1) is 0 Å². The number of fused-ring (bicyclic) bond motifs is 1. The van der Waals surface area contributed by atoms with Crippen LogP contribution in [0, 0.1) is 5.41 Å². The van der Waals surface area contributed by atoms with E-state index in [0.717, 1.165) is 30.0 Å². The van der Waals surface area contributed by atoms with Crippen molar-refractivity contribution in [1.82, 2.24) is 0 Å². The minimum absolute atomic E-state index is 0.176. The summed E-state index contributed by atoms with van der Waals surface area (Å²) in [4.78, 5) is 12.4. The van der Waals surface area contributed by atoms with Crippen LogP contribution in [-0.4, -0.2) is 11.1 Å². The molecule has 1 N–H and O–H groups in total. The van der Waals surface area contributed by atoms with Crippen LogP contribution in [0.25, 0.3) is 10.8 Å². The van der Waals surface area contributed by atoms with Crippen LogP contribution < -0.4 is 4.74 Å². The third-order valence-electron chi connectivity index (χ3n) is 4.08. The molecular weight excluding hydrogens is 264 g/mol. The molecule has 0 spiro atoms. The average Bonchev–Trinajstić information content (AvgIpc) is 2.47. The van der Waals surface area contributed by atoms with Crippen molar-refractivity contribution in [2.75, 3.05) is 0 Å². The molecule has 0 bridgehead atoms. The Morgan fingerprint density at radius 1 is 1.14 bits per heavy atom. The van der Waals surface area contributed by atoms with Gasteiger partial charge in [-0.3, -0.25) is 4.79 Å². The van der Waals surface area contributed by atoms with Crippen molar-refractivity contribution in [3.8, 4) is 11.5 Å². The highest BCUT2D eigenvalue weighted by atomic mass is 16.5. The lowest BCUT2D eigenvalue weighted by molar-refractivity contribution is -0.145. The maximum Gasteiger partial charge on any atom is 0.317 e. The number of phenols is 1. The van der Waals surface area contributed by atoms with Crippen LogP contribution in [0.2, 0.25) is 0 Å². The van der Waals surface area contributed by atoms with Gasteiger partial charge in [-0.25, -0.2) is 0 Å². The van der Waals surface area contributed by atoms with Crippen LogP contribution in [0.4, 0.5) is 0 Å². The Kier molecular flexibility index (Phi) is 4.51. The second kappa shape index (κ2) is 6.17. The molecule has 0 saturated heterocycles. The molecule has 0 aliphatic heterocycles. The number of hydrogen-bond donors (Lipinski definition) is 1. The number of carbonyl (C=O) groups excluding carboxylic acids is 1. The lowest BCUT2D eigenvalue weighted by Gasteiger charge is -2.25. The van der Waals surface area contributed by atoms with E-state index >= 15 is 0 Å². The first-order chi connectivity index (χ1) is 9.98. The van der Waals surface area contributed by atoms with E-state index in [2.05, 4.69) is 6.92 Å². The van der Waals surface area contributed by atoms with Crippen molar-refractivity contribution < 1.29 is 14.6 Å². The molecular formula is C18H22O3. The second-order valence-corrected chi connectivity index (χ2v) is 5.75. The third-order valence-corrected chi connectivity index (χ3v) is 4.08. The van der Waals surface area contributed by atoms with Gasteiger partial charge in [0, 0.05) is 0 Å². The Labute approximate surface area is 125 Å². The highest BCUT2D eigenvalue weighted by Gasteiger charge is 2.32. The molecule has 0 aromatic heterocycles. The number of carbonyl (C=O) groups is 1. The zero-order valence-corrected chi connectivity index (χ0v) is 12.8. The van der Waals surface area contributed by atoms with Crippen LogP contribution in [0.1, 0.15) is 40.0 Å². The molecule has 0 aliphatic carbocycles. The predicted octanol–water partition coefficient (Wildman–Crippen LogP) is 4.67. The Bertz CT molecular complexity index is 648. The third kappa shape index (κ3) is 3.35.